The Bertz CT molecular complexity index is 507. The zero-order valence-electron chi connectivity index (χ0n) is 8.91. The van der Waals surface area contributed by atoms with Gasteiger partial charge in [0.2, 0.25) is 0 Å². The van der Waals surface area contributed by atoms with Crippen molar-refractivity contribution in [1.29, 1.82) is 5.26 Å². The molecule has 0 bridgehead atoms. The summed E-state index contributed by atoms with van der Waals surface area (Å²) >= 11 is 0. The quantitative estimate of drug-likeness (QED) is 0.364. The molecule has 0 heterocycles. The van der Waals surface area contributed by atoms with Crippen LogP contribution in [0, 0.1) is 21.4 Å². The van der Waals surface area contributed by atoms with E-state index in [2.05, 4.69) is 0 Å². The second-order valence-corrected chi connectivity index (χ2v) is 3.21. The summed E-state index contributed by atoms with van der Waals surface area (Å²) < 4.78 is 4.72. The van der Waals surface area contributed by atoms with E-state index in [9.17, 15) is 14.9 Å². The van der Waals surface area contributed by atoms with Crippen molar-refractivity contribution >= 4 is 17.3 Å². The molecule has 0 saturated carbocycles. The molecule has 0 aliphatic heterocycles. The van der Waals surface area contributed by atoms with E-state index in [1.165, 1.54) is 13.0 Å². The van der Waals surface area contributed by atoms with Gasteiger partial charge in [-0.3, -0.25) is 10.1 Å². The molecule has 17 heavy (non-hydrogen) atoms. The Labute approximate surface area is 96.6 Å². The highest BCUT2D eigenvalue weighted by molar-refractivity contribution is 5.95. The number of nitrogens with two attached hydrogens (primary N) is 1. The van der Waals surface area contributed by atoms with Gasteiger partial charge in [0, 0.05) is 12.1 Å². The number of ether oxygens (including phenoxy) is 1. The molecule has 2 N–H and O–H groups in total. The summed E-state index contributed by atoms with van der Waals surface area (Å²) in [5.74, 6) is -0.786. The van der Waals surface area contributed by atoms with Gasteiger partial charge in [-0.1, -0.05) is 0 Å². The highest BCUT2D eigenvalue weighted by atomic mass is 16.6. The van der Waals surface area contributed by atoms with Crippen LogP contribution in [0.25, 0.3) is 0 Å². The number of nitrogens with zero attached hydrogens (tertiary/aromatic N) is 2. The van der Waals surface area contributed by atoms with Crippen molar-refractivity contribution in [3.8, 4) is 6.07 Å². The average molecular weight is 235 g/mol. The summed E-state index contributed by atoms with van der Waals surface area (Å²) in [5.41, 5.74) is 5.21. The van der Waals surface area contributed by atoms with E-state index >= 15 is 0 Å². The molecular formula is C10H9N3O4. The van der Waals surface area contributed by atoms with Crippen LogP contribution in [-0.2, 0) is 4.74 Å². The van der Waals surface area contributed by atoms with Crippen molar-refractivity contribution in [2.24, 2.45) is 0 Å². The van der Waals surface area contributed by atoms with Crippen LogP contribution >= 0.6 is 0 Å². The van der Waals surface area contributed by atoms with Crippen LogP contribution in [0.4, 0.5) is 11.4 Å². The fourth-order valence-corrected chi connectivity index (χ4v) is 1.10. The van der Waals surface area contributed by atoms with Crippen LogP contribution in [0.2, 0.25) is 0 Å². The Balaban J connectivity index is 2.97. The van der Waals surface area contributed by atoms with Crippen molar-refractivity contribution in [2.75, 3.05) is 5.73 Å². The van der Waals surface area contributed by atoms with Gasteiger partial charge in [0.25, 0.3) is 5.69 Å². The van der Waals surface area contributed by atoms with Crippen molar-refractivity contribution < 1.29 is 14.5 Å². The first-order chi connectivity index (χ1) is 7.95. The van der Waals surface area contributed by atoms with E-state index in [0.29, 0.717) is 0 Å². The van der Waals surface area contributed by atoms with Gasteiger partial charge in [-0.15, -0.1) is 0 Å². The largest absolute Gasteiger partial charge is 0.444 e. The fraction of sp³-hybridized carbons (Fsp3) is 0.200. The Morgan fingerprint density at radius 3 is 2.76 bits per heavy atom. The van der Waals surface area contributed by atoms with Gasteiger partial charge < -0.3 is 10.5 Å². The average Bonchev–Trinajstić information content (AvgIpc) is 2.28. The van der Waals surface area contributed by atoms with Crippen LogP contribution in [0.1, 0.15) is 17.3 Å². The van der Waals surface area contributed by atoms with Crippen LogP contribution in [0.3, 0.4) is 0 Å². The molecule has 0 radical (unpaired) electrons. The number of nitrogen functional groups attached to an aromatic ring is 1. The lowest BCUT2D eigenvalue weighted by molar-refractivity contribution is -0.384. The smallest absolute Gasteiger partial charge is 0.341 e. The molecule has 0 spiro atoms. The Hall–Kier alpha value is -2.62. The molecule has 88 valence electrons. The highest BCUT2D eigenvalue weighted by Gasteiger charge is 2.17. The SMILES string of the molecule is C[C@@H](C#N)OC(=O)c1ccc([N+](=O)[O-])cc1N. The summed E-state index contributed by atoms with van der Waals surface area (Å²) in [6, 6.07) is 5.12. The number of esters is 1. The molecule has 0 saturated heterocycles. The number of benzene rings is 1. The molecule has 1 atom stereocenters. The first kappa shape index (κ1) is 12.4. The maximum absolute atomic E-state index is 11.5. The third kappa shape index (κ3) is 2.92. The van der Waals surface area contributed by atoms with E-state index in [0.717, 1.165) is 12.1 Å². The van der Waals surface area contributed by atoms with Gasteiger partial charge in [0.05, 0.1) is 16.2 Å². The molecule has 0 aliphatic rings. The first-order valence-corrected chi connectivity index (χ1v) is 4.60. The predicted octanol–water partition coefficient (Wildman–Crippen LogP) is 1.25. The summed E-state index contributed by atoms with van der Waals surface area (Å²) in [4.78, 5) is 21.3. The zero-order valence-corrected chi connectivity index (χ0v) is 8.91. The molecule has 1 aromatic carbocycles. The maximum Gasteiger partial charge on any atom is 0.341 e. The van der Waals surface area contributed by atoms with Crippen molar-refractivity contribution in [3.05, 3.63) is 33.9 Å². The topological polar surface area (TPSA) is 119 Å². The Morgan fingerprint density at radius 2 is 2.29 bits per heavy atom. The van der Waals surface area contributed by atoms with Gasteiger partial charge in [0.15, 0.2) is 6.10 Å². The number of nitro groups is 1. The number of non-ortho nitro benzene ring substituents is 1. The number of carbonyl (C=O) groups is 1. The van der Waals surface area contributed by atoms with E-state index in [4.69, 9.17) is 15.7 Å². The van der Waals surface area contributed by atoms with Crippen molar-refractivity contribution in [2.45, 2.75) is 13.0 Å². The molecule has 7 heteroatoms. The lowest BCUT2D eigenvalue weighted by Gasteiger charge is -2.07. The number of anilines is 1. The van der Waals surface area contributed by atoms with Crippen LogP contribution in [0.5, 0.6) is 0 Å². The van der Waals surface area contributed by atoms with Gasteiger partial charge in [-0.05, 0) is 13.0 Å². The molecule has 1 rings (SSSR count). The van der Waals surface area contributed by atoms with E-state index in [1.54, 1.807) is 6.07 Å². The summed E-state index contributed by atoms with van der Waals surface area (Å²) in [6.45, 7) is 1.40. The van der Waals surface area contributed by atoms with Crippen LogP contribution in [-0.4, -0.2) is 17.0 Å². The zero-order chi connectivity index (χ0) is 13.0. The number of hydrogen-bond donors (Lipinski definition) is 1. The minimum Gasteiger partial charge on any atom is -0.444 e. The van der Waals surface area contributed by atoms with Crippen molar-refractivity contribution in [3.63, 3.8) is 0 Å². The lowest BCUT2D eigenvalue weighted by Crippen LogP contribution is -2.14. The van der Waals surface area contributed by atoms with Crippen molar-refractivity contribution in [1.82, 2.24) is 0 Å². The molecule has 0 aromatic heterocycles. The van der Waals surface area contributed by atoms with Gasteiger partial charge in [-0.25, -0.2) is 4.79 Å². The predicted molar refractivity (Wildman–Crippen MR) is 58.0 cm³/mol. The number of carbonyl (C=O) groups excluding carboxylic acids is 1. The van der Waals surface area contributed by atoms with E-state index < -0.39 is 17.0 Å². The molecule has 0 amide bonds. The van der Waals surface area contributed by atoms with Crippen LogP contribution in [0.15, 0.2) is 18.2 Å². The molecule has 0 fully saturated rings. The molecule has 7 nitrogen and oxygen atoms in total. The third-order valence-electron chi connectivity index (χ3n) is 1.93. The summed E-state index contributed by atoms with van der Waals surface area (Å²) in [6.07, 6.45) is -0.905. The number of hydrogen-bond acceptors (Lipinski definition) is 6. The maximum atomic E-state index is 11.5. The standard InChI is InChI=1S/C10H9N3O4/c1-6(5-11)17-10(14)8-3-2-7(13(15)16)4-9(8)12/h2-4,6H,12H2,1H3/t6-/m0/s1. The van der Waals surface area contributed by atoms with Gasteiger partial charge >= 0.3 is 5.97 Å². The Morgan fingerprint density at radius 1 is 1.65 bits per heavy atom. The first-order valence-electron chi connectivity index (χ1n) is 4.60. The number of nitro benzene ring substituents is 1. The van der Waals surface area contributed by atoms with Crippen LogP contribution < -0.4 is 5.73 Å². The monoisotopic (exact) mass is 235 g/mol. The molecular weight excluding hydrogens is 226 g/mol. The fourth-order valence-electron chi connectivity index (χ4n) is 1.10. The van der Waals surface area contributed by atoms with Gasteiger partial charge in [0.1, 0.15) is 6.07 Å². The normalized spacial score (nSPS) is 11.3. The Kier molecular flexibility index (Phi) is 3.62. The molecule has 1 aromatic rings. The summed E-state index contributed by atoms with van der Waals surface area (Å²) in [7, 11) is 0. The third-order valence-corrected chi connectivity index (χ3v) is 1.93. The molecule has 0 aliphatic carbocycles. The van der Waals surface area contributed by atoms with E-state index in [-0.39, 0.29) is 16.9 Å². The second-order valence-electron chi connectivity index (χ2n) is 3.21. The van der Waals surface area contributed by atoms with E-state index in [1.807, 2.05) is 0 Å². The number of rotatable bonds is 3. The highest BCUT2D eigenvalue weighted by Crippen LogP contribution is 2.20. The molecule has 0 unspecified atom stereocenters. The minimum atomic E-state index is -0.905. The van der Waals surface area contributed by atoms with Gasteiger partial charge in [-0.2, -0.15) is 5.26 Å². The minimum absolute atomic E-state index is 0.00213. The lowest BCUT2D eigenvalue weighted by atomic mass is 10.1. The second kappa shape index (κ2) is 4.94. The summed E-state index contributed by atoms with van der Waals surface area (Å²) in [5, 5.41) is 18.9. The number of nitriles is 1.